The molecule has 1 atom stereocenters. The summed E-state index contributed by atoms with van der Waals surface area (Å²) >= 11 is 0. The summed E-state index contributed by atoms with van der Waals surface area (Å²) in [5.74, 6) is -0.520. The number of hydrogen-bond donors (Lipinski definition) is 1. The molecule has 2 aromatic rings. The molecule has 0 aliphatic heterocycles. The molecule has 2 nitrogen and oxygen atoms in total. The van der Waals surface area contributed by atoms with Crippen molar-refractivity contribution in [1.82, 2.24) is 0 Å². The lowest BCUT2D eigenvalue weighted by molar-refractivity contribution is 0.276. The molecule has 2 rings (SSSR count). The third kappa shape index (κ3) is 3.29. The van der Waals surface area contributed by atoms with E-state index in [0.717, 1.165) is 5.56 Å². The third-order valence-corrected chi connectivity index (χ3v) is 2.87. The van der Waals surface area contributed by atoms with Gasteiger partial charge in [-0.3, -0.25) is 0 Å². The zero-order chi connectivity index (χ0) is 13.8. The van der Waals surface area contributed by atoms with Gasteiger partial charge >= 0.3 is 0 Å². The maximum absolute atomic E-state index is 13.7. The van der Waals surface area contributed by atoms with E-state index < -0.39 is 6.04 Å². The second kappa shape index (κ2) is 5.80. The fraction of sp³-hybridized carbons (Fsp3) is 0.200. The quantitative estimate of drug-likeness (QED) is 0.918. The second-order valence-electron chi connectivity index (χ2n) is 4.36. The minimum atomic E-state index is -0.430. The number of ether oxygens (including phenoxy) is 1. The normalized spacial score (nSPS) is 12.2. The molecule has 0 aliphatic carbocycles. The van der Waals surface area contributed by atoms with Crippen molar-refractivity contribution in [3.8, 4) is 5.75 Å². The van der Waals surface area contributed by atoms with E-state index in [-0.39, 0.29) is 24.0 Å². The minimum absolute atomic E-state index is 0.131. The molecule has 0 heterocycles. The highest BCUT2D eigenvalue weighted by molar-refractivity contribution is 5.30. The highest BCUT2D eigenvalue weighted by atomic mass is 19.1. The Hall–Kier alpha value is -1.94. The Morgan fingerprint density at radius 3 is 2.47 bits per heavy atom. The van der Waals surface area contributed by atoms with Crippen molar-refractivity contribution in [2.24, 2.45) is 5.73 Å². The van der Waals surface area contributed by atoms with Crippen molar-refractivity contribution in [3.63, 3.8) is 0 Å². The van der Waals surface area contributed by atoms with Gasteiger partial charge in [-0.2, -0.15) is 0 Å². The molecule has 100 valence electrons. The molecule has 0 saturated carbocycles. The van der Waals surface area contributed by atoms with Gasteiger partial charge in [-0.1, -0.05) is 24.3 Å². The summed E-state index contributed by atoms with van der Waals surface area (Å²) in [5, 5.41) is 0. The summed E-state index contributed by atoms with van der Waals surface area (Å²) in [5.41, 5.74) is 7.18. The number of hydrogen-bond acceptors (Lipinski definition) is 2. The monoisotopic (exact) mass is 263 g/mol. The van der Waals surface area contributed by atoms with E-state index >= 15 is 0 Å². The van der Waals surface area contributed by atoms with Gasteiger partial charge in [0, 0.05) is 0 Å². The lowest BCUT2D eigenvalue weighted by Gasteiger charge is -2.14. The van der Waals surface area contributed by atoms with Gasteiger partial charge in [0.2, 0.25) is 0 Å². The van der Waals surface area contributed by atoms with E-state index in [4.69, 9.17) is 10.5 Å². The molecule has 0 radical (unpaired) electrons. The SMILES string of the molecule is Cc1cccc(OCC(N)c2ccc(F)cc2)c1F. The van der Waals surface area contributed by atoms with E-state index in [0.29, 0.717) is 5.56 Å². The van der Waals surface area contributed by atoms with Crippen LogP contribution in [0.1, 0.15) is 17.2 Å². The molecule has 2 N–H and O–H groups in total. The molecule has 1 unspecified atom stereocenters. The lowest BCUT2D eigenvalue weighted by Crippen LogP contribution is -2.19. The van der Waals surface area contributed by atoms with Crippen molar-refractivity contribution in [2.75, 3.05) is 6.61 Å². The van der Waals surface area contributed by atoms with E-state index in [1.54, 1.807) is 37.3 Å². The maximum Gasteiger partial charge on any atom is 0.167 e. The Morgan fingerprint density at radius 2 is 1.79 bits per heavy atom. The Kier molecular flexibility index (Phi) is 4.12. The molecule has 19 heavy (non-hydrogen) atoms. The zero-order valence-electron chi connectivity index (χ0n) is 10.6. The van der Waals surface area contributed by atoms with Crippen molar-refractivity contribution in [3.05, 3.63) is 65.2 Å². The Labute approximate surface area is 110 Å². The van der Waals surface area contributed by atoms with Crippen LogP contribution in [0.15, 0.2) is 42.5 Å². The Balaban J connectivity index is 2.02. The number of rotatable bonds is 4. The van der Waals surface area contributed by atoms with Crippen LogP contribution in [0.2, 0.25) is 0 Å². The second-order valence-corrected chi connectivity index (χ2v) is 4.36. The fourth-order valence-corrected chi connectivity index (χ4v) is 1.72. The molecule has 0 spiro atoms. The average molecular weight is 263 g/mol. The van der Waals surface area contributed by atoms with Crippen LogP contribution in [0.5, 0.6) is 5.75 Å². The van der Waals surface area contributed by atoms with Gasteiger partial charge in [-0.15, -0.1) is 0 Å². The largest absolute Gasteiger partial charge is 0.489 e. The minimum Gasteiger partial charge on any atom is -0.489 e. The first-order valence-electron chi connectivity index (χ1n) is 5.97. The van der Waals surface area contributed by atoms with Crippen molar-refractivity contribution in [2.45, 2.75) is 13.0 Å². The molecule has 0 aliphatic rings. The fourth-order valence-electron chi connectivity index (χ4n) is 1.72. The van der Waals surface area contributed by atoms with Crippen LogP contribution in [0.3, 0.4) is 0 Å². The smallest absolute Gasteiger partial charge is 0.167 e. The average Bonchev–Trinajstić information content (AvgIpc) is 2.41. The Morgan fingerprint density at radius 1 is 1.11 bits per heavy atom. The number of nitrogens with two attached hydrogens (primary N) is 1. The van der Waals surface area contributed by atoms with Gasteiger partial charge in [0.1, 0.15) is 12.4 Å². The van der Waals surface area contributed by atoms with E-state index in [9.17, 15) is 8.78 Å². The third-order valence-electron chi connectivity index (χ3n) is 2.87. The summed E-state index contributed by atoms with van der Waals surface area (Å²) in [6, 6.07) is 10.4. The molecular formula is C15H15F2NO. The van der Waals surface area contributed by atoms with Crippen LogP contribution in [-0.2, 0) is 0 Å². The van der Waals surface area contributed by atoms with Crippen LogP contribution >= 0.6 is 0 Å². The van der Waals surface area contributed by atoms with Gasteiger partial charge in [-0.25, -0.2) is 8.78 Å². The number of benzene rings is 2. The van der Waals surface area contributed by atoms with E-state index in [1.165, 1.54) is 12.1 Å². The summed E-state index contributed by atoms with van der Waals surface area (Å²) in [6.45, 7) is 1.80. The number of aryl methyl sites for hydroxylation is 1. The first kappa shape index (κ1) is 13.5. The Bertz CT molecular complexity index is 555. The van der Waals surface area contributed by atoms with E-state index in [2.05, 4.69) is 0 Å². The van der Waals surface area contributed by atoms with Gasteiger partial charge in [0.15, 0.2) is 11.6 Å². The molecule has 0 amide bonds. The van der Waals surface area contributed by atoms with Crippen LogP contribution in [-0.4, -0.2) is 6.61 Å². The van der Waals surface area contributed by atoms with Crippen LogP contribution < -0.4 is 10.5 Å². The van der Waals surface area contributed by atoms with Gasteiger partial charge in [0.25, 0.3) is 0 Å². The molecule has 0 saturated heterocycles. The summed E-state index contributed by atoms with van der Waals surface area (Å²) in [6.07, 6.45) is 0. The van der Waals surface area contributed by atoms with Crippen molar-refractivity contribution < 1.29 is 13.5 Å². The highest BCUT2D eigenvalue weighted by Crippen LogP contribution is 2.21. The molecule has 2 aromatic carbocycles. The highest BCUT2D eigenvalue weighted by Gasteiger charge is 2.10. The van der Waals surface area contributed by atoms with Crippen LogP contribution in [0, 0.1) is 18.6 Å². The standard InChI is InChI=1S/C15H15F2NO/c1-10-3-2-4-14(15(10)17)19-9-13(18)11-5-7-12(16)8-6-11/h2-8,13H,9,18H2,1H3. The number of halogens is 2. The predicted molar refractivity (Wildman–Crippen MR) is 70.0 cm³/mol. The van der Waals surface area contributed by atoms with Crippen molar-refractivity contribution in [1.29, 1.82) is 0 Å². The molecule has 0 aromatic heterocycles. The predicted octanol–water partition coefficient (Wildman–Crippen LogP) is 3.35. The first-order chi connectivity index (χ1) is 9.08. The molecular weight excluding hydrogens is 248 g/mol. The van der Waals surface area contributed by atoms with Crippen LogP contribution in [0.4, 0.5) is 8.78 Å². The lowest BCUT2D eigenvalue weighted by atomic mass is 10.1. The first-order valence-corrected chi connectivity index (χ1v) is 5.97. The summed E-state index contributed by atoms with van der Waals surface area (Å²) < 4.78 is 31.8. The van der Waals surface area contributed by atoms with Gasteiger partial charge in [0.05, 0.1) is 6.04 Å². The van der Waals surface area contributed by atoms with Gasteiger partial charge < -0.3 is 10.5 Å². The molecule has 0 bridgehead atoms. The van der Waals surface area contributed by atoms with Crippen LogP contribution in [0.25, 0.3) is 0 Å². The topological polar surface area (TPSA) is 35.2 Å². The molecule has 0 fully saturated rings. The zero-order valence-corrected chi connectivity index (χ0v) is 10.6. The summed E-state index contributed by atoms with van der Waals surface area (Å²) in [7, 11) is 0. The van der Waals surface area contributed by atoms with E-state index in [1.807, 2.05) is 0 Å². The summed E-state index contributed by atoms with van der Waals surface area (Å²) in [4.78, 5) is 0. The molecule has 4 heteroatoms. The maximum atomic E-state index is 13.7. The van der Waals surface area contributed by atoms with Gasteiger partial charge in [-0.05, 0) is 36.2 Å². The van der Waals surface area contributed by atoms with Crippen molar-refractivity contribution >= 4 is 0 Å².